The summed E-state index contributed by atoms with van der Waals surface area (Å²) in [5.41, 5.74) is 0.552. The zero-order valence-electron chi connectivity index (χ0n) is 12.8. The minimum absolute atomic E-state index is 0.592. The van der Waals surface area contributed by atoms with Crippen molar-refractivity contribution in [3.8, 4) is 5.75 Å². The molecule has 2 rings (SSSR count). The molecule has 0 fully saturated rings. The van der Waals surface area contributed by atoms with Gasteiger partial charge in [0.15, 0.2) is 0 Å². The average Bonchev–Trinajstić information content (AvgIpc) is 2.46. The van der Waals surface area contributed by atoms with Gasteiger partial charge in [-0.15, -0.1) is 0 Å². The fraction of sp³-hybridized carbons (Fsp3) is 0.412. The number of thioether (sulfide) groups is 1. The highest BCUT2D eigenvalue weighted by atomic mass is 32.2. The van der Waals surface area contributed by atoms with Gasteiger partial charge in [-0.1, -0.05) is 18.2 Å². The van der Waals surface area contributed by atoms with E-state index in [1.807, 2.05) is 25.3 Å². The van der Waals surface area contributed by atoms with E-state index in [-0.39, 0.29) is 0 Å². The number of methoxy groups -OCH3 is 1. The van der Waals surface area contributed by atoms with Gasteiger partial charge in [-0.3, -0.25) is 0 Å². The van der Waals surface area contributed by atoms with Gasteiger partial charge in [0.2, 0.25) is 0 Å². The summed E-state index contributed by atoms with van der Waals surface area (Å²) in [6.07, 6.45) is 2.01. The molecule has 1 unspecified atom stereocenters. The zero-order valence-corrected chi connectivity index (χ0v) is 13.7. The largest absolute Gasteiger partial charge is 0.497 e. The predicted octanol–water partition coefficient (Wildman–Crippen LogP) is 3.05. The number of rotatable bonds is 7. The van der Waals surface area contributed by atoms with Crippen LogP contribution >= 0.6 is 11.8 Å². The molecule has 2 N–H and O–H groups in total. The first-order valence-corrected chi connectivity index (χ1v) is 8.42. The third kappa shape index (κ3) is 4.63. The van der Waals surface area contributed by atoms with Gasteiger partial charge in [0.1, 0.15) is 5.75 Å². The Morgan fingerprint density at radius 1 is 1.19 bits per heavy atom. The molecule has 114 valence electrons. The highest BCUT2D eigenvalue weighted by Gasteiger charge is 2.18. The van der Waals surface area contributed by atoms with E-state index in [1.54, 1.807) is 18.9 Å². The Kier molecular flexibility index (Phi) is 5.51. The van der Waals surface area contributed by atoms with Gasteiger partial charge >= 0.3 is 0 Å². The Labute approximate surface area is 130 Å². The number of benzene rings is 2. The fourth-order valence-electron chi connectivity index (χ4n) is 2.35. The standard InChI is InChI=1S/C17H23NO2S/c1-17(19,12-21-3)11-18-10-13-4-5-15-9-16(20-2)7-6-14(15)8-13/h4-9,18-19H,10-12H2,1-3H3. The number of hydrogen-bond donors (Lipinski definition) is 2. The van der Waals surface area contributed by atoms with Crippen molar-refractivity contribution in [2.24, 2.45) is 0 Å². The first-order chi connectivity index (χ1) is 10.0. The summed E-state index contributed by atoms with van der Waals surface area (Å²) in [5, 5.41) is 15.8. The molecular weight excluding hydrogens is 282 g/mol. The summed E-state index contributed by atoms with van der Waals surface area (Å²) in [4.78, 5) is 0. The summed E-state index contributed by atoms with van der Waals surface area (Å²) < 4.78 is 5.24. The van der Waals surface area contributed by atoms with Crippen LogP contribution in [0.3, 0.4) is 0 Å². The van der Waals surface area contributed by atoms with Crippen molar-refractivity contribution in [2.45, 2.75) is 19.1 Å². The van der Waals surface area contributed by atoms with E-state index in [0.717, 1.165) is 18.0 Å². The SMILES string of the molecule is COc1ccc2cc(CNCC(C)(O)CSC)ccc2c1. The highest BCUT2D eigenvalue weighted by Crippen LogP contribution is 2.21. The van der Waals surface area contributed by atoms with Crippen molar-refractivity contribution in [3.63, 3.8) is 0 Å². The lowest BCUT2D eigenvalue weighted by atomic mass is 10.1. The van der Waals surface area contributed by atoms with Gasteiger partial charge in [-0.25, -0.2) is 0 Å². The van der Waals surface area contributed by atoms with Crippen LogP contribution in [0.2, 0.25) is 0 Å². The van der Waals surface area contributed by atoms with E-state index in [9.17, 15) is 5.11 Å². The van der Waals surface area contributed by atoms with Gasteiger partial charge in [0, 0.05) is 18.8 Å². The molecule has 0 amide bonds. The summed E-state index contributed by atoms with van der Waals surface area (Å²) in [6.45, 7) is 3.21. The lowest BCUT2D eigenvalue weighted by Crippen LogP contribution is -2.39. The van der Waals surface area contributed by atoms with E-state index in [0.29, 0.717) is 6.54 Å². The van der Waals surface area contributed by atoms with Crippen LogP contribution in [-0.4, -0.2) is 36.4 Å². The van der Waals surface area contributed by atoms with Gasteiger partial charge in [-0.05, 0) is 47.7 Å². The number of fused-ring (bicyclic) bond motifs is 1. The maximum absolute atomic E-state index is 10.1. The molecule has 0 radical (unpaired) electrons. The van der Waals surface area contributed by atoms with E-state index < -0.39 is 5.60 Å². The molecule has 0 heterocycles. The lowest BCUT2D eigenvalue weighted by Gasteiger charge is -2.22. The molecule has 0 saturated heterocycles. The monoisotopic (exact) mass is 305 g/mol. The summed E-state index contributed by atoms with van der Waals surface area (Å²) >= 11 is 1.66. The van der Waals surface area contributed by atoms with E-state index in [4.69, 9.17) is 4.74 Å². The quantitative estimate of drug-likeness (QED) is 0.825. The van der Waals surface area contributed by atoms with Crippen molar-refractivity contribution in [2.75, 3.05) is 25.7 Å². The highest BCUT2D eigenvalue weighted by molar-refractivity contribution is 7.98. The second-order valence-electron chi connectivity index (χ2n) is 5.58. The third-order valence-electron chi connectivity index (χ3n) is 3.40. The normalized spacial score (nSPS) is 14.1. The van der Waals surface area contributed by atoms with Crippen molar-refractivity contribution in [3.05, 3.63) is 42.0 Å². The number of ether oxygens (including phenoxy) is 1. The van der Waals surface area contributed by atoms with Crippen molar-refractivity contribution in [1.29, 1.82) is 0 Å². The van der Waals surface area contributed by atoms with Crippen molar-refractivity contribution < 1.29 is 9.84 Å². The molecule has 1 atom stereocenters. The first-order valence-electron chi connectivity index (χ1n) is 7.03. The topological polar surface area (TPSA) is 41.5 Å². The minimum atomic E-state index is -0.663. The molecule has 2 aromatic rings. The maximum Gasteiger partial charge on any atom is 0.119 e. The van der Waals surface area contributed by atoms with Crippen LogP contribution in [0.1, 0.15) is 12.5 Å². The van der Waals surface area contributed by atoms with Gasteiger partial charge in [-0.2, -0.15) is 11.8 Å². The van der Waals surface area contributed by atoms with E-state index in [1.165, 1.54) is 16.3 Å². The molecular formula is C17H23NO2S. The Hall–Kier alpha value is -1.23. The van der Waals surface area contributed by atoms with E-state index in [2.05, 4.69) is 29.6 Å². The molecule has 0 aliphatic heterocycles. The lowest BCUT2D eigenvalue weighted by molar-refractivity contribution is 0.0846. The average molecular weight is 305 g/mol. The molecule has 2 aromatic carbocycles. The van der Waals surface area contributed by atoms with Gasteiger partial charge < -0.3 is 15.2 Å². The summed E-state index contributed by atoms with van der Waals surface area (Å²) in [7, 11) is 1.68. The molecule has 0 saturated carbocycles. The molecule has 0 bridgehead atoms. The molecule has 0 aromatic heterocycles. The van der Waals surface area contributed by atoms with Crippen molar-refractivity contribution >= 4 is 22.5 Å². The molecule has 3 nitrogen and oxygen atoms in total. The smallest absolute Gasteiger partial charge is 0.119 e. The predicted molar refractivity (Wildman–Crippen MR) is 91.2 cm³/mol. The van der Waals surface area contributed by atoms with E-state index >= 15 is 0 Å². The molecule has 0 aliphatic rings. The Bertz CT molecular complexity index is 598. The number of nitrogens with one attached hydrogen (secondary N) is 1. The minimum Gasteiger partial charge on any atom is -0.497 e. The van der Waals surface area contributed by atoms with Crippen LogP contribution in [0.25, 0.3) is 10.8 Å². The third-order valence-corrected chi connectivity index (χ3v) is 4.31. The molecule has 0 aliphatic carbocycles. The second kappa shape index (κ2) is 7.16. The van der Waals surface area contributed by atoms with Gasteiger partial charge in [0.25, 0.3) is 0 Å². The number of aliphatic hydroxyl groups is 1. The number of hydrogen-bond acceptors (Lipinski definition) is 4. The Balaban J connectivity index is 2.00. The van der Waals surface area contributed by atoms with Crippen LogP contribution in [0.5, 0.6) is 5.75 Å². The molecule has 21 heavy (non-hydrogen) atoms. The van der Waals surface area contributed by atoms with Gasteiger partial charge in [0.05, 0.1) is 12.7 Å². The summed E-state index contributed by atoms with van der Waals surface area (Å²) in [5.74, 6) is 1.61. The van der Waals surface area contributed by atoms with Crippen LogP contribution in [0, 0.1) is 0 Å². The first kappa shape index (κ1) is 16.1. The zero-order chi connectivity index (χ0) is 15.3. The maximum atomic E-state index is 10.1. The van der Waals surface area contributed by atoms with Crippen LogP contribution in [0.4, 0.5) is 0 Å². The van der Waals surface area contributed by atoms with Crippen LogP contribution in [0.15, 0.2) is 36.4 Å². The van der Waals surface area contributed by atoms with Crippen LogP contribution < -0.4 is 10.1 Å². The van der Waals surface area contributed by atoms with Crippen LogP contribution in [-0.2, 0) is 6.54 Å². The summed E-state index contributed by atoms with van der Waals surface area (Å²) in [6, 6.07) is 12.5. The molecule has 4 heteroatoms. The Morgan fingerprint density at radius 2 is 1.90 bits per heavy atom. The molecule has 0 spiro atoms. The van der Waals surface area contributed by atoms with Crippen molar-refractivity contribution in [1.82, 2.24) is 5.32 Å². The fourth-order valence-corrected chi connectivity index (χ4v) is 3.07. The Morgan fingerprint density at radius 3 is 2.62 bits per heavy atom. The second-order valence-corrected chi connectivity index (χ2v) is 6.45.